The number of benzene rings is 3. The van der Waals surface area contributed by atoms with E-state index in [1.165, 1.54) is 11.3 Å². The molecular formula is C27H24ClNO7S. The number of esters is 2. The van der Waals surface area contributed by atoms with Crippen LogP contribution in [0.2, 0.25) is 5.02 Å². The summed E-state index contributed by atoms with van der Waals surface area (Å²) < 4.78 is 28.3. The molecule has 4 aromatic rings. The second-order valence-electron chi connectivity index (χ2n) is 7.83. The first kappa shape index (κ1) is 26.2. The lowest BCUT2D eigenvalue weighted by atomic mass is 10.3. The van der Waals surface area contributed by atoms with Gasteiger partial charge in [0.2, 0.25) is 0 Å². The van der Waals surface area contributed by atoms with E-state index < -0.39 is 24.1 Å². The van der Waals surface area contributed by atoms with Gasteiger partial charge in [0.05, 0.1) is 16.8 Å². The molecule has 0 spiro atoms. The van der Waals surface area contributed by atoms with E-state index in [4.69, 9.17) is 35.3 Å². The third-order valence-corrected chi connectivity index (χ3v) is 6.11. The first-order valence-corrected chi connectivity index (χ1v) is 12.7. The van der Waals surface area contributed by atoms with Crippen LogP contribution in [0, 0.1) is 0 Å². The van der Waals surface area contributed by atoms with Gasteiger partial charge in [0.15, 0.2) is 12.2 Å². The number of thiazole rings is 1. The number of nitrogens with zero attached hydrogens (tertiary/aromatic N) is 1. The Balaban J connectivity index is 1.28. The molecule has 1 aromatic heterocycles. The molecule has 0 N–H and O–H groups in total. The average Bonchev–Trinajstić information content (AvgIpc) is 3.27. The molecule has 0 aliphatic heterocycles. The summed E-state index contributed by atoms with van der Waals surface area (Å²) in [6, 6.07) is 18.6. The number of hydrogen-bond acceptors (Lipinski definition) is 9. The zero-order chi connectivity index (χ0) is 26.4. The summed E-state index contributed by atoms with van der Waals surface area (Å²) in [5, 5.41) is 1.14. The fourth-order valence-corrected chi connectivity index (χ4v) is 4.27. The number of rotatable bonds is 10. The van der Waals surface area contributed by atoms with Crippen molar-refractivity contribution in [3.8, 4) is 28.2 Å². The largest absolute Gasteiger partial charge is 0.479 e. The molecule has 37 heavy (non-hydrogen) atoms. The smallest absolute Gasteiger partial charge is 0.352 e. The Morgan fingerprint density at radius 3 is 2.03 bits per heavy atom. The summed E-state index contributed by atoms with van der Waals surface area (Å²) in [5.74, 6) is 0.795. The predicted octanol–water partition coefficient (Wildman–Crippen LogP) is 6.45. The molecule has 0 aliphatic rings. The summed E-state index contributed by atoms with van der Waals surface area (Å²) in [6.07, 6.45) is -1.61. The highest BCUT2D eigenvalue weighted by Crippen LogP contribution is 2.33. The molecule has 2 atom stereocenters. The standard InChI is InChI=1S/C27H24ClNO7S/c1-4-32-25(30)16(2)33-19-6-10-21(11-7-19)35-26(31)17(3)34-20-8-12-22(13-9-20)36-27-29-23-14-5-18(28)15-24(23)37-27/h5-17H,4H2,1-3H3. The molecule has 0 saturated heterocycles. The van der Waals surface area contributed by atoms with Gasteiger partial charge in [-0.05, 0) is 87.5 Å². The van der Waals surface area contributed by atoms with E-state index in [0.717, 1.165) is 10.2 Å². The minimum atomic E-state index is -0.861. The molecule has 0 radical (unpaired) electrons. The number of carbonyl (C=O) groups is 2. The van der Waals surface area contributed by atoms with Gasteiger partial charge < -0.3 is 23.7 Å². The lowest BCUT2D eigenvalue weighted by Crippen LogP contribution is -2.28. The van der Waals surface area contributed by atoms with E-state index in [-0.39, 0.29) is 6.61 Å². The third-order valence-electron chi connectivity index (χ3n) is 4.98. The van der Waals surface area contributed by atoms with Crippen LogP contribution >= 0.6 is 22.9 Å². The van der Waals surface area contributed by atoms with Crippen molar-refractivity contribution in [3.63, 3.8) is 0 Å². The number of carbonyl (C=O) groups excluding carboxylic acids is 2. The Labute approximate surface area is 222 Å². The summed E-state index contributed by atoms with van der Waals surface area (Å²) >= 11 is 7.42. The average molecular weight is 542 g/mol. The van der Waals surface area contributed by atoms with Crippen molar-refractivity contribution < 1.29 is 33.3 Å². The van der Waals surface area contributed by atoms with Gasteiger partial charge >= 0.3 is 11.9 Å². The van der Waals surface area contributed by atoms with Gasteiger partial charge in [-0.3, -0.25) is 0 Å². The topological polar surface area (TPSA) is 93.2 Å². The maximum absolute atomic E-state index is 12.5. The van der Waals surface area contributed by atoms with Gasteiger partial charge in [-0.25, -0.2) is 14.6 Å². The Morgan fingerprint density at radius 1 is 0.838 bits per heavy atom. The molecule has 0 saturated carbocycles. The highest BCUT2D eigenvalue weighted by molar-refractivity contribution is 7.20. The van der Waals surface area contributed by atoms with E-state index in [1.807, 2.05) is 12.1 Å². The molecule has 10 heteroatoms. The molecule has 192 valence electrons. The highest BCUT2D eigenvalue weighted by Gasteiger charge is 2.19. The predicted molar refractivity (Wildman–Crippen MR) is 140 cm³/mol. The molecule has 0 fully saturated rings. The Bertz CT molecular complexity index is 1370. The highest BCUT2D eigenvalue weighted by atomic mass is 35.5. The van der Waals surface area contributed by atoms with Crippen LogP contribution in [-0.2, 0) is 14.3 Å². The van der Waals surface area contributed by atoms with Crippen molar-refractivity contribution >= 4 is 45.1 Å². The van der Waals surface area contributed by atoms with Crippen molar-refractivity contribution in [2.75, 3.05) is 6.61 Å². The first-order valence-electron chi connectivity index (χ1n) is 11.5. The normalized spacial score (nSPS) is 12.4. The van der Waals surface area contributed by atoms with Gasteiger partial charge in [0, 0.05) is 5.02 Å². The molecule has 4 rings (SSSR count). The van der Waals surface area contributed by atoms with Crippen LogP contribution in [0.15, 0.2) is 66.7 Å². The third kappa shape index (κ3) is 7.12. The maximum atomic E-state index is 12.5. The van der Waals surface area contributed by atoms with Crippen molar-refractivity contribution in [1.29, 1.82) is 0 Å². The molecule has 1 heterocycles. The van der Waals surface area contributed by atoms with Crippen LogP contribution in [0.3, 0.4) is 0 Å². The lowest BCUT2D eigenvalue weighted by molar-refractivity contribution is -0.150. The second-order valence-corrected chi connectivity index (χ2v) is 9.26. The van der Waals surface area contributed by atoms with Gasteiger partial charge in [-0.1, -0.05) is 22.9 Å². The molecule has 3 aromatic carbocycles. The number of fused-ring (bicyclic) bond motifs is 1. The molecule has 0 aliphatic carbocycles. The lowest BCUT2D eigenvalue weighted by Gasteiger charge is -2.15. The van der Waals surface area contributed by atoms with Crippen molar-refractivity contribution in [1.82, 2.24) is 4.98 Å². The molecular weight excluding hydrogens is 518 g/mol. The van der Waals surface area contributed by atoms with E-state index in [0.29, 0.717) is 33.2 Å². The minimum Gasteiger partial charge on any atom is -0.479 e. The van der Waals surface area contributed by atoms with Gasteiger partial charge in [-0.2, -0.15) is 0 Å². The SMILES string of the molecule is CCOC(=O)C(C)Oc1ccc(OC(=O)C(C)Oc2ccc(Oc3nc4ccc(Cl)cc4s3)cc2)cc1. The van der Waals surface area contributed by atoms with Gasteiger partial charge in [0.1, 0.15) is 23.0 Å². The van der Waals surface area contributed by atoms with E-state index >= 15 is 0 Å². The second kappa shape index (κ2) is 11.9. The molecule has 0 bridgehead atoms. The molecule has 2 unspecified atom stereocenters. The fraction of sp³-hybridized carbons (Fsp3) is 0.222. The van der Waals surface area contributed by atoms with Crippen LogP contribution < -0.4 is 18.9 Å². The number of ether oxygens (including phenoxy) is 5. The van der Waals surface area contributed by atoms with E-state index in [1.54, 1.807) is 75.4 Å². The van der Waals surface area contributed by atoms with Crippen LogP contribution in [-0.4, -0.2) is 35.7 Å². The molecule has 0 amide bonds. The van der Waals surface area contributed by atoms with Crippen molar-refractivity contribution in [2.24, 2.45) is 0 Å². The maximum Gasteiger partial charge on any atom is 0.352 e. The van der Waals surface area contributed by atoms with Crippen LogP contribution in [0.5, 0.6) is 28.2 Å². The number of hydrogen-bond donors (Lipinski definition) is 0. The summed E-state index contributed by atoms with van der Waals surface area (Å²) in [7, 11) is 0. The van der Waals surface area contributed by atoms with Crippen LogP contribution in [0.25, 0.3) is 10.2 Å². The van der Waals surface area contributed by atoms with E-state index in [2.05, 4.69) is 4.98 Å². The summed E-state index contributed by atoms with van der Waals surface area (Å²) in [5.41, 5.74) is 0.810. The Morgan fingerprint density at radius 2 is 1.41 bits per heavy atom. The summed E-state index contributed by atoms with van der Waals surface area (Å²) in [4.78, 5) is 28.6. The molecule has 8 nitrogen and oxygen atoms in total. The first-order chi connectivity index (χ1) is 17.8. The summed E-state index contributed by atoms with van der Waals surface area (Å²) in [6.45, 7) is 5.20. The fourth-order valence-electron chi connectivity index (χ4n) is 3.16. The number of halogens is 1. The van der Waals surface area contributed by atoms with Gasteiger partial charge in [-0.15, -0.1) is 0 Å². The monoisotopic (exact) mass is 541 g/mol. The Hall–Kier alpha value is -3.82. The Kier molecular flexibility index (Phi) is 8.47. The van der Waals surface area contributed by atoms with Crippen LogP contribution in [0.1, 0.15) is 20.8 Å². The zero-order valence-corrected chi connectivity index (χ0v) is 21.9. The zero-order valence-electron chi connectivity index (χ0n) is 20.3. The number of aromatic nitrogens is 1. The van der Waals surface area contributed by atoms with E-state index in [9.17, 15) is 9.59 Å². The van der Waals surface area contributed by atoms with Gasteiger partial charge in [0.25, 0.3) is 5.19 Å². The van der Waals surface area contributed by atoms with Crippen molar-refractivity contribution in [2.45, 2.75) is 33.0 Å². The minimum absolute atomic E-state index is 0.278. The van der Waals surface area contributed by atoms with Crippen LogP contribution in [0.4, 0.5) is 0 Å². The quantitative estimate of drug-likeness (QED) is 0.167. The van der Waals surface area contributed by atoms with Crippen molar-refractivity contribution in [3.05, 3.63) is 71.8 Å².